The molecule has 0 atom stereocenters. The lowest BCUT2D eigenvalue weighted by Gasteiger charge is -1.99. The summed E-state index contributed by atoms with van der Waals surface area (Å²) in [7, 11) is 0. The quantitative estimate of drug-likeness (QED) is 0.551. The predicted octanol–water partition coefficient (Wildman–Crippen LogP) is 2.32. The van der Waals surface area contributed by atoms with Crippen molar-refractivity contribution >= 4 is 12.6 Å². The van der Waals surface area contributed by atoms with Crippen molar-refractivity contribution in [1.82, 2.24) is 4.98 Å². The van der Waals surface area contributed by atoms with Gasteiger partial charge in [0.2, 0.25) is 0 Å². The summed E-state index contributed by atoms with van der Waals surface area (Å²) < 4.78 is 35.2. The van der Waals surface area contributed by atoms with Gasteiger partial charge >= 0.3 is 6.18 Å². The minimum atomic E-state index is -4.27. The Balaban J connectivity index is 2.96. The molecule has 0 aromatic carbocycles. The molecule has 0 amide bonds. The largest absolute Gasteiger partial charge is 0.417 e. The highest BCUT2D eigenvalue weighted by atomic mass is 32.1. The molecule has 0 fully saturated rings. The summed E-state index contributed by atoms with van der Waals surface area (Å²) in [6.45, 7) is 0. The van der Waals surface area contributed by atoms with Crippen molar-refractivity contribution in [3.05, 3.63) is 17.8 Å². The molecule has 1 aromatic rings. The smallest absolute Gasteiger partial charge is 0.356 e. The molecule has 0 spiro atoms. The standard InChI is InChI=1S/C5H4F3NS/c6-5(7,8)3-1-4(10)9-2-3/h1-2,9-10H. The van der Waals surface area contributed by atoms with E-state index in [1.807, 2.05) is 0 Å². The van der Waals surface area contributed by atoms with Crippen LogP contribution in [0.4, 0.5) is 13.2 Å². The van der Waals surface area contributed by atoms with E-state index in [0.717, 1.165) is 12.3 Å². The zero-order valence-corrected chi connectivity index (χ0v) is 5.63. The van der Waals surface area contributed by atoms with Crippen LogP contribution in [0.5, 0.6) is 0 Å². The van der Waals surface area contributed by atoms with Crippen LogP contribution in [-0.2, 0) is 6.18 Å². The van der Waals surface area contributed by atoms with Crippen molar-refractivity contribution in [3.63, 3.8) is 0 Å². The third kappa shape index (κ3) is 1.47. The number of aromatic nitrogens is 1. The van der Waals surface area contributed by atoms with E-state index in [0.29, 0.717) is 0 Å². The van der Waals surface area contributed by atoms with Crippen molar-refractivity contribution in [2.24, 2.45) is 0 Å². The Morgan fingerprint density at radius 1 is 1.40 bits per heavy atom. The molecule has 0 aliphatic heterocycles. The molecule has 1 rings (SSSR count). The van der Waals surface area contributed by atoms with E-state index in [2.05, 4.69) is 17.6 Å². The highest BCUT2D eigenvalue weighted by molar-refractivity contribution is 7.80. The molecule has 1 N–H and O–H groups in total. The molecule has 0 saturated heterocycles. The molecule has 1 nitrogen and oxygen atoms in total. The third-order valence-electron chi connectivity index (χ3n) is 0.995. The second-order valence-electron chi connectivity index (χ2n) is 1.77. The van der Waals surface area contributed by atoms with Gasteiger partial charge in [0.05, 0.1) is 10.6 Å². The van der Waals surface area contributed by atoms with Gasteiger partial charge in [-0.05, 0) is 6.07 Å². The van der Waals surface area contributed by atoms with E-state index >= 15 is 0 Å². The van der Waals surface area contributed by atoms with E-state index in [1.54, 1.807) is 0 Å². The Hall–Kier alpha value is -0.580. The maximum absolute atomic E-state index is 11.7. The number of hydrogen-bond donors (Lipinski definition) is 2. The van der Waals surface area contributed by atoms with Crippen LogP contribution in [0.15, 0.2) is 17.3 Å². The zero-order valence-electron chi connectivity index (χ0n) is 4.74. The summed E-state index contributed by atoms with van der Waals surface area (Å²) in [5.41, 5.74) is -0.697. The van der Waals surface area contributed by atoms with Crippen molar-refractivity contribution in [2.75, 3.05) is 0 Å². The third-order valence-corrected chi connectivity index (χ3v) is 1.25. The molecule has 0 aliphatic rings. The van der Waals surface area contributed by atoms with E-state index < -0.39 is 11.7 Å². The number of H-pyrrole nitrogens is 1. The monoisotopic (exact) mass is 167 g/mol. The summed E-state index contributed by atoms with van der Waals surface area (Å²) in [5, 5.41) is 0.215. The van der Waals surface area contributed by atoms with E-state index in [1.165, 1.54) is 0 Å². The van der Waals surface area contributed by atoms with Crippen LogP contribution in [0.25, 0.3) is 0 Å². The molecule has 1 heterocycles. The first-order chi connectivity index (χ1) is 4.50. The van der Waals surface area contributed by atoms with Crippen LogP contribution in [0, 0.1) is 0 Å². The maximum Gasteiger partial charge on any atom is 0.417 e. The van der Waals surface area contributed by atoms with Gasteiger partial charge in [-0.3, -0.25) is 0 Å². The van der Waals surface area contributed by atoms with Crippen molar-refractivity contribution in [2.45, 2.75) is 11.2 Å². The molecule has 10 heavy (non-hydrogen) atoms. The van der Waals surface area contributed by atoms with E-state index in [-0.39, 0.29) is 5.03 Å². The van der Waals surface area contributed by atoms with Crippen LogP contribution in [-0.4, -0.2) is 4.98 Å². The molecule has 1 aromatic heterocycles. The number of thiol groups is 1. The summed E-state index contributed by atoms with van der Waals surface area (Å²) in [4.78, 5) is 2.32. The Labute approximate surface area is 60.7 Å². The van der Waals surface area contributed by atoms with Gasteiger partial charge in [0.15, 0.2) is 0 Å². The van der Waals surface area contributed by atoms with Crippen molar-refractivity contribution in [1.29, 1.82) is 0 Å². The average molecular weight is 167 g/mol. The average Bonchev–Trinajstić information content (AvgIpc) is 2.11. The fourth-order valence-corrected chi connectivity index (χ4v) is 0.750. The van der Waals surface area contributed by atoms with Gasteiger partial charge in [0.1, 0.15) is 0 Å². The Bertz CT molecular complexity index is 227. The number of aromatic amines is 1. The Kier molecular flexibility index (Phi) is 1.68. The fraction of sp³-hybridized carbons (Fsp3) is 0.200. The summed E-state index contributed by atoms with van der Waals surface area (Å²) in [5.74, 6) is 0. The predicted molar refractivity (Wildman–Crippen MR) is 33.0 cm³/mol. The van der Waals surface area contributed by atoms with Gasteiger partial charge in [-0.1, -0.05) is 0 Å². The van der Waals surface area contributed by atoms with Crippen LogP contribution in [0.3, 0.4) is 0 Å². The van der Waals surface area contributed by atoms with Crippen LogP contribution < -0.4 is 0 Å². The SMILES string of the molecule is FC(F)(F)c1c[nH]c(S)c1. The molecule has 0 radical (unpaired) electrons. The van der Waals surface area contributed by atoms with E-state index in [9.17, 15) is 13.2 Å². The lowest BCUT2D eigenvalue weighted by atomic mass is 10.3. The number of alkyl halides is 3. The van der Waals surface area contributed by atoms with Gasteiger partial charge in [-0.25, -0.2) is 0 Å². The van der Waals surface area contributed by atoms with Gasteiger partial charge in [0.25, 0.3) is 0 Å². The minimum Gasteiger partial charge on any atom is -0.356 e. The lowest BCUT2D eigenvalue weighted by Crippen LogP contribution is -2.01. The lowest BCUT2D eigenvalue weighted by molar-refractivity contribution is -0.137. The molecule has 0 aliphatic carbocycles. The fourth-order valence-electron chi connectivity index (χ4n) is 0.546. The minimum absolute atomic E-state index is 0.215. The zero-order chi connectivity index (χ0) is 7.78. The van der Waals surface area contributed by atoms with Crippen LogP contribution in [0.2, 0.25) is 0 Å². The highest BCUT2D eigenvalue weighted by Crippen LogP contribution is 2.29. The topological polar surface area (TPSA) is 15.8 Å². The molecule has 0 unspecified atom stereocenters. The van der Waals surface area contributed by atoms with Gasteiger partial charge < -0.3 is 4.98 Å². The van der Waals surface area contributed by atoms with Crippen LogP contribution >= 0.6 is 12.6 Å². The highest BCUT2D eigenvalue weighted by Gasteiger charge is 2.31. The molecule has 0 saturated carbocycles. The summed E-state index contributed by atoms with van der Waals surface area (Å²) in [6, 6.07) is 0.934. The molecule has 0 bridgehead atoms. The Morgan fingerprint density at radius 3 is 2.20 bits per heavy atom. The van der Waals surface area contributed by atoms with Gasteiger partial charge in [-0.2, -0.15) is 13.2 Å². The molecule has 56 valence electrons. The molecular weight excluding hydrogens is 163 g/mol. The number of nitrogens with one attached hydrogen (secondary N) is 1. The first-order valence-corrected chi connectivity index (χ1v) is 2.89. The normalized spacial score (nSPS) is 12.0. The maximum atomic E-state index is 11.7. The number of rotatable bonds is 0. The first kappa shape index (κ1) is 7.53. The Morgan fingerprint density at radius 2 is 2.00 bits per heavy atom. The van der Waals surface area contributed by atoms with Crippen LogP contribution in [0.1, 0.15) is 5.56 Å². The van der Waals surface area contributed by atoms with Crippen molar-refractivity contribution in [3.8, 4) is 0 Å². The molecule has 5 heteroatoms. The van der Waals surface area contributed by atoms with E-state index in [4.69, 9.17) is 0 Å². The summed E-state index contributed by atoms with van der Waals surface area (Å²) >= 11 is 3.68. The molecular formula is C5H4F3NS. The van der Waals surface area contributed by atoms with Gasteiger partial charge in [0, 0.05) is 6.20 Å². The first-order valence-electron chi connectivity index (χ1n) is 2.45. The summed E-state index contributed by atoms with van der Waals surface area (Å²) in [6.07, 6.45) is -3.39. The van der Waals surface area contributed by atoms with Crippen molar-refractivity contribution < 1.29 is 13.2 Å². The second kappa shape index (κ2) is 2.23. The second-order valence-corrected chi connectivity index (χ2v) is 2.25. The number of hydrogen-bond acceptors (Lipinski definition) is 1. The van der Waals surface area contributed by atoms with Gasteiger partial charge in [-0.15, -0.1) is 12.6 Å². The number of halogens is 3.